The zero-order valence-corrected chi connectivity index (χ0v) is 47.7. The van der Waals surface area contributed by atoms with Crippen LogP contribution in [0.5, 0.6) is 23.0 Å². The minimum absolute atomic E-state index is 0.0833. The van der Waals surface area contributed by atoms with E-state index in [0.29, 0.717) is 81.0 Å². The van der Waals surface area contributed by atoms with Crippen LogP contribution in [0.1, 0.15) is 58.8 Å². The summed E-state index contributed by atoms with van der Waals surface area (Å²) in [4.78, 5) is 21.3. The quantitative estimate of drug-likeness (QED) is 0.118. The van der Waals surface area contributed by atoms with Gasteiger partial charge in [-0.05, 0) is 115 Å². The van der Waals surface area contributed by atoms with E-state index in [1.807, 2.05) is 39.8 Å². The van der Waals surface area contributed by atoms with Gasteiger partial charge in [-0.15, -0.1) is 20.4 Å². The number of sulfone groups is 2. The summed E-state index contributed by atoms with van der Waals surface area (Å²) in [5.41, 5.74) is 3.95. The molecule has 2 aliphatic rings. The summed E-state index contributed by atoms with van der Waals surface area (Å²) in [6.07, 6.45) is -1.57. The smallest absolute Gasteiger partial charge is 0.225 e. The second-order valence-electron chi connectivity index (χ2n) is 19.7. The van der Waals surface area contributed by atoms with Crippen LogP contribution >= 0.6 is 0 Å². The highest BCUT2D eigenvalue weighted by Gasteiger charge is 2.40. The number of nitrogens with zero attached hydrogens (tertiary/aromatic N) is 12. The lowest BCUT2D eigenvalue weighted by Crippen LogP contribution is -2.49. The average Bonchev–Trinajstić information content (AvgIpc) is 4.25. The third-order valence-electron chi connectivity index (χ3n) is 13.6. The molecule has 424 valence electrons. The Balaban J connectivity index is 0.000000194. The minimum atomic E-state index is -3.86. The first-order chi connectivity index (χ1) is 38.2. The van der Waals surface area contributed by atoms with Gasteiger partial charge < -0.3 is 47.8 Å². The predicted octanol–water partition coefficient (Wildman–Crippen LogP) is 5.63. The van der Waals surface area contributed by atoms with E-state index < -0.39 is 53.9 Å². The van der Waals surface area contributed by atoms with E-state index in [1.54, 1.807) is 93.4 Å². The van der Waals surface area contributed by atoms with Crippen molar-refractivity contribution in [3.8, 4) is 57.5 Å². The predicted molar refractivity (Wildman–Crippen MR) is 295 cm³/mol. The molecule has 4 atom stereocenters. The van der Waals surface area contributed by atoms with Crippen molar-refractivity contribution in [1.82, 2.24) is 49.5 Å². The molecule has 2 aliphatic heterocycles. The van der Waals surface area contributed by atoms with E-state index in [2.05, 4.69) is 40.3 Å². The summed E-state index contributed by atoms with van der Waals surface area (Å²) in [5.74, 6) is 4.71. The van der Waals surface area contributed by atoms with Gasteiger partial charge in [0.1, 0.15) is 57.4 Å². The van der Waals surface area contributed by atoms with Crippen LogP contribution in [-0.4, -0.2) is 154 Å². The number of rotatable bonds is 16. The molecule has 10 rings (SSSR count). The molecule has 0 unspecified atom stereocenters. The Morgan fingerprint density at radius 3 is 1.14 bits per heavy atom. The van der Waals surface area contributed by atoms with Gasteiger partial charge in [0.2, 0.25) is 23.5 Å². The summed E-state index contributed by atoms with van der Waals surface area (Å²) in [5, 5.41) is 36.8. The van der Waals surface area contributed by atoms with Gasteiger partial charge in [-0.1, -0.05) is 12.1 Å². The Labute approximate surface area is 463 Å². The van der Waals surface area contributed by atoms with Crippen molar-refractivity contribution in [2.24, 2.45) is 0 Å². The van der Waals surface area contributed by atoms with Crippen LogP contribution in [0.3, 0.4) is 0 Å². The van der Waals surface area contributed by atoms with Crippen molar-refractivity contribution in [3.63, 3.8) is 0 Å². The molecule has 24 nitrogen and oxygen atoms in total. The number of aromatic nitrogens is 10. The van der Waals surface area contributed by atoms with Crippen molar-refractivity contribution >= 4 is 31.6 Å². The molecule has 2 saturated heterocycles. The number of aliphatic hydroxyl groups excluding tert-OH is 2. The Hall–Kier alpha value is -7.94. The fourth-order valence-electron chi connectivity index (χ4n) is 10.0. The lowest BCUT2D eigenvalue weighted by Gasteiger charge is -2.35. The van der Waals surface area contributed by atoms with Crippen molar-refractivity contribution in [1.29, 1.82) is 0 Å². The third-order valence-corrected chi connectivity index (χ3v) is 17.6. The number of para-hydroxylation sites is 2. The average molecular weight is 1140 g/mol. The monoisotopic (exact) mass is 1140 g/mol. The minimum Gasteiger partial charge on any atom is -0.494 e. The van der Waals surface area contributed by atoms with Crippen LogP contribution in [0.15, 0.2) is 81.6 Å². The van der Waals surface area contributed by atoms with Crippen LogP contribution in [0, 0.1) is 41.5 Å². The van der Waals surface area contributed by atoms with Crippen LogP contribution in [0.4, 0.5) is 11.9 Å². The van der Waals surface area contributed by atoms with Crippen molar-refractivity contribution in [2.75, 3.05) is 64.4 Å². The number of methoxy groups -OCH3 is 4. The van der Waals surface area contributed by atoms with E-state index >= 15 is 0 Å². The first-order valence-corrected chi connectivity index (χ1v) is 29.0. The number of aliphatic hydroxyl groups is 2. The number of benzene rings is 2. The molecular weight excluding hydrogens is 1070 g/mol. The SMILES string of the molecule is COc1cccc(OC)c1-n1c(CS(=O)(=O)[C@@H]2C[C@H](O)CN(c3nc(C)cc(C)n3)C2)nnc1-c1ccc(C)o1.COc1cccc(OC)c1-n1c(CS(=O)(=O)[C@H]2C[C@@H](O)CN(c3nc(C)cc(C)n3)C2)nnc1-c1ccc(C)o1. The molecule has 2 N–H and O–H groups in total. The Morgan fingerprint density at radius 2 is 0.838 bits per heavy atom. The molecule has 8 aromatic rings. The van der Waals surface area contributed by atoms with Crippen molar-refractivity contribution in [3.05, 3.63) is 119 Å². The number of furan rings is 2. The largest absolute Gasteiger partial charge is 0.494 e. The fourth-order valence-corrected chi connectivity index (χ4v) is 13.4. The highest BCUT2D eigenvalue weighted by Crippen LogP contribution is 2.40. The number of piperidine rings is 2. The number of β-amino-alcohol motifs (C(OH)–C–C–N with tert-alkyl or cyclic N) is 2. The summed E-state index contributed by atoms with van der Waals surface area (Å²) in [6, 6.07) is 21.3. The Bertz CT molecular complexity index is 3420. The van der Waals surface area contributed by atoms with Gasteiger partial charge in [-0.3, -0.25) is 9.13 Å². The zero-order valence-electron chi connectivity index (χ0n) is 46.1. The highest BCUT2D eigenvalue weighted by atomic mass is 32.2. The fraction of sp³-hybridized carbons (Fsp3) is 0.407. The van der Waals surface area contributed by atoms with Gasteiger partial charge in [-0.25, -0.2) is 36.8 Å². The van der Waals surface area contributed by atoms with Gasteiger partial charge in [0, 0.05) is 49.0 Å². The number of aryl methyl sites for hydroxylation is 6. The molecule has 2 aromatic carbocycles. The molecular formula is C54H64N12O12S2. The van der Waals surface area contributed by atoms with Gasteiger partial charge in [0.05, 0.1) is 51.1 Å². The third kappa shape index (κ3) is 12.1. The zero-order chi connectivity index (χ0) is 57.2. The van der Waals surface area contributed by atoms with Crippen LogP contribution in [-0.2, 0) is 31.2 Å². The molecule has 6 aromatic heterocycles. The summed E-state index contributed by atoms with van der Waals surface area (Å²) < 4.78 is 92.9. The highest BCUT2D eigenvalue weighted by molar-refractivity contribution is 7.91. The van der Waals surface area contributed by atoms with Gasteiger partial charge in [0.15, 0.2) is 42.8 Å². The maximum absolute atomic E-state index is 13.9. The Morgan fingerprint density at radius 1 is 0.500 bits per heavy atom. The first kappa shape index (κ1) is 56.8. The normalized spacial score (nSPS) is 17.7. The van der Waals surface area contributed by atoms with Gasteiger partial charge in [-0.2, -0.15) is 0 Å². The van der Waals surface area contributed by atoms with Gasteiger partial charge >= 0.3 is 0 Å². The lowest BCUT2D eigenvalue weighted by molar-refractivity contribution is 0.154. The molecule has 0 aliphatic carbocycles. The van der Waals surface area contributed by atoms with E-state index in [9.17, 15) is 27.0 Å². The summed E-state index contributed by atoms with van der Waals surface area (Å²) in [7, 11) is -1.65. The van der Waals surface area contributed by atoms with Crippen molar-refractivity contribution < 1.29 is 54.8 Å². The first-order valence-electron chi connectivity index (χ1n) is 25.6. The molecule has 0 saturated carbocycles. The maximum atomic E-state index is 13.9. The molecule has 0 bridgehead atoms. The topological polar surface area (TPSA) is 291 Å². The van der Waals surface area contributed by atoms with Crippen LogP contribution in [0.25, 0.3) is 34.5 Å². The van der Waals surface area contributed by atoms with Gasteiger partial charge in [0.25, 0.3) is 0 Å². The van der Waals surface area contributed by atoms with E-state index in [-0.39, 0.29) is 50.7 Å². The second kappa shape index (κ2) is 23.4. The van der Waals surface area contributed by atoms with Crippen LogP contribution < -0.4 is 28.7 Å². The molecule has 80 heavy (non-hydrogen) atoms. The molecule has 0 amide bonds. The summed E-state index contributed by atoms with van der Waals surface area (Å²) >= 11 is 0. The van der Waals surface area contributed by atoms with E-state index in [1.165, 1.54) is 28.4 Å². The van der Waals surface area contributed by atoms with Crippen LogP contribution in [0.2, 0.25) is 0 Å². The molecule has 0 radical (unpaired) electrons. The number of hydrogen-bond donors (Lipinski definition) is 2. The number of ether oxygens (including phenoxy) is 4. The Kier molecular flexibility index (Phi) is 16.6. The van der Waals surface area contributed by atoms with Crippen molar-refractivity contribution in [2.45, 2.75) is 88.6 Å². The molecule has 2 fully saturated rings. The molecule has 26 heteroatoms. The lowest BCUT2D eigenvalue weighted by atomic mass is 10.1. The summed E-state index contributed by atoms with van der Waals surface area (Å²) in [6.45, 7) is 11.8. The van der Waals surface area contributed by atoms with E-state index in [4.69, 9.17) is 27.8 Å². The molecule has 0 spiro atoms. The van der Waals surface area contributed by atoms with E-state index in [0.717, 1.165) is 22.8 Å². The maximum Gasteiger partial charge on any atom is 0.225 e. The number of anilines is 2. The standard InChI is InChI=1S/2C27H32N6O6S/c2*1-16-11-17(2)29-27(28-16)32-13-19(34)12-20(14-32)40(35,36)15-24-30-31-26(23-10-9-18(3)39-23)33(24)25-21(37-4)7-6-8-22(25)38-5/h2*6-11,19-20,34H,12-15H2,1-5H3/t2*19-,20+/m10/s1. The number of hydrogen-bond acceptors (Lipinski definition) is 22. The molecule has 8 heterocycles. The second-order valence-corrected chi connectivity index (χ2v) is 24.3.